The van der Waals surface area contributed by atoms with Crippen LogP contribution >= 0.6 is 11.8 Å². The van der Waals surface area contributed by atoms with Crippen LogP contribution in [0.5, 0.6) is 0 Å². The topological polar surface area (TPSA) is 3.24 Å². The maximum atomic E-state index is 3.68. The Hall–Kier alpha value is -3.23. The second-order valence-corrected chi connectivity index (χ2v) is 17.5. The molecule has 0 bridgehead atoms. The summed E-state index contributed by atoms with van der Waals surface area (Å²) in [5.41, 5.74) is 12.9. The predicted molar refractivity (Wildman–Crippen MR) is 200 cm³/mol. The van der Waals surface area contributed by atoms with E-state index < -0.39 is 0 Å². The molecule has 0 spiro atoms. The first-order chi connectivity index (χ1) is 20.8. The average molecular weight is 614 g/mol. The molecule has 0 aliphatic carbocycles. The monoisotopic (exact) mass is 613 g/mol. The first-order valence-corrected chi connectivity index (χ1v) is 17.1. The molecule has 45 heavy (non-hydrogen) atoms. The van der Waals surface area contributed by atoms with E-state index in [4.69, 9.17) is 0 Å². The molecule has 0 aromatic heterocycles. The Balaban J connectivity index is 1.83. The van der Waals surface area contributed by atoms with E-state index in [0.29, 0.717) is 0 Å². The van der Waals surface area contributed by atoms with Gasteiger partial charge >= 0.3 is 0 Å². The zero-order valence-electron chi connectivity index (χ0n) is 29.5. The maximum absolute atomic E-state index is 3.68. The summed E-state index contributed by atoms with van der Waals surface area (Å²) in [4.78, 5) is 3.45. The average Bonchev–Trinajstić information content (AvgIpc) is 3.45. The zero-order chi connectivity index (χ0) is 32.9. The van der Waals surface area contributed by atoms with Crippen LogP contribution < -0.4 is 4.90 Å². The second-order valence-electron chi connectivity index (χ2n) is 16.7. The van der Waals surface area contributed by atoms with E-state index in [9.17, 15) is 0 Å². The normalized spacial score (nSPS) is 14.6. The highest BCUT2D eigenvalue weighted by molar-refractivity contribution is 8.10. The number of nitrogens with zero attached hydrogens (tertiary/aromatic N) is 1. The highest BCUT2D eigenvalue weighted by atomic mass is 32.2. The molecule has 0 saturated heterocycles. The molecule has 0 N–H and O–H groups in total. The van der Waals surface area contributed by atoms with Crippen molar-refractivity contribution in [3.8, 4) is 22.3 Å². The number of hydrogen-bond donors (Lipinski definition) is 0. The van der Waals surface area contributed by atoms with Gasteiger partial charge in [-0.15, -0.1) is 0 Å². The van der Waals surface area contributed by atoms with Crippen LogP contribution in [0.4, 0.5) is 5.69 Å². The third-order valence-electron chi connectivity index (χ3n) is 8.79. The molecule has 0 amide bonds. The first kappa shape index (κ1) is 33.1. The lowest BCUT2D eigenvalue weighted by Gasteiger charge is -2.29. The van der Waals surface area contributed by atoms with Crippen molar-refractivity contribution in [3.05, 3.63) is 125 Å². The molecule has 4 aromatic carbocycles. The molecule has 1 aliphatic rings. The molecule has 0 fully saturated rings. The highest BCUT2D eigenvalue weighted by Crippen LogP contribution is 2.48. The van der Waals surface area contributed by atoms with E-state index in [2.05, 4.69) is 185 Å². The second kappa shape index (κ2) is 11.8. The van der Waals surface area contributed by atoms with Gasteiger partial charge in [-0.3, -0.25) is 0 Å². The summed E-state index contributed by atoms with van der Waals surface area (Å²) in [5, 5.41) is 0. The molecule has 2 heteroatoms. The SMILES string of the molecule is CC(C)(C)c1cc(-c2cccc(-c3cc(C(C)(C)C)cc(C(C)(C)C)c3)c2N2[C]SC(c3ccccc3)=C2)cc(C(C)(C)C)c1. The third-order valence-corrected chi connectivity index (χ3v) is 9.64. The smallest absolute Gasteiger partial charge is 0.169 e. The Morgan fingerprint density at radius 2 is 0.867 bits per heavy atom. The summed E-state index contributed by atoms with van der Waals surface area (Å²) in [5.74, 6) is 3.68. The van der Waals surface area contributed by atoms with E-state index in [1.807, 2.05) is 0 Å². The molecular weight excluding hydrogens is 563 g/mol. The fourth-order valence-electron chi connectivity index (χ4n) is 5.68. The molecule has 234 valence electrons. The van der Waals surface area contributed by atoms with Crippen molar-refractivity contribution in [1.82, 2.24) is 0 Å². The van der Waals surface area contributed by atoms with Gasteiger partial charge in [0.05, 0.1) is 5.69 Å². The van der Waals surface area contributed by atoms with Gasteiger partial charge in [-0.05, 0) is 60.6 Å². The Bertz CT molecular complexity index is 1560. The Morgan fingerprint density at radius 1 is 0.467 bits per heavy atom. The fourth-order valence-corrected chi connectivity index (χ4v) is 6.43. The van der Waals surface area contributed by atoms with E-state index >= 15 is 0 Å². The lowest BCUT2D eigenvalue weighted by Crippen LogP contribution is -2.17. The molecule has 2 radical (unpaired) electrons. The lowest BCUT2D eigenvalue weighted by atomic mass is 9.77. The highest BCUT2D eigenvalue weighted by Gasteiger charge is 2.28. The molecule has 1 heterocycles. The molecule has 4 aromatic rings. The van der Waals surface area contributed by atoms with Crippen molar-refractivity contribution in [2.24, 2.45) is 0 Å². The predicted octanol–water partition coefficient (Wildman–Crippen LogP) is 12.8. The van der Waals surface area contributed by atoms with Crippen LogP contribution in [-0.2, 0) is 21.7 Å². The molecule has 5 rings (SSSR count). The van der Waals surface area contributed by atoms with Crippen molar-refractivity contribution in [3.63, 3.8) is 0 Å². The number of hydrogen-bond acceptors (Lipinski definition) is 2. The van der Waals surface area contributed by atoms with Crippen LogP contribution in [0.3, 0.4) is 0 Å². The summed E-state index contributed by atoms with van der Waals surface area (Å²) in [6.07, 6.45) is 2.26. The number of anilines is 1. The minimum atomic E-state index is 0.0264. The van der Waals surface area contributed by atoms with Crippen molar-refractivity contribution >= 4 is 22.4 Å². The van der Waals surface area contributed by atoms with Gasteiger partial charge < -0.3 is 4.90 Å². The van der Waals surface area contributed by atoms with Crippen LogP contribution in [0, 0.1) is 5.88 Å². The van der Waals surface area contributed by atoms with Gasteiger partial charge in [-0.2, -0.15) is 0 Å². The van der Waals surface area contributed by atoms with Gasteiger partial charge in [0.2, 0.25) is 0 Å². The fraction of sp³-hybridized carbons (Fsp3) is 0.372. The van der Waals surface area contributed by atoms with Crippen molar-refractivity contribution in [1.29, 1.82) is 0 Å². The van der Waals surface area contributed by atoms with E-state index in [0.717, 1.165) is 0 Å². The van der Waals surface area contributed by atoms with Crippen LogP contribution in [0.1, 0.15) is 111 Å². The number of benzene rings is 4. The minimum absolute atomic E-state index is 0.0264. The zero-order valence-corrected chi connectivity index (χ0v) is 30.3. The first-order valence-electron chi connectivity index (χ1n) is 16.3. The third kappa shape index (κ3) is 7.28. The largest absolute Gasteiger partial charge is 0.324 e. The summed E-state index contributed by atoms with van der Waals surface area (Å²) in [7, 11) is 0. The van der Waals surface area contributed by atoms with E-state index in [1.54, 1.807) is 11.8 Å². The number of para-hydroxylation sites is 1. The van der Waals surface area contributed by atoms with Crippen molar-refractivity contribution in [2.75, 3.05) is 4.90 Å². The molecule has 1 nitrogen and oxygen atoms in total. The summed E-state index contributed by atoms with van der Waals surface area (Å²) >= 11 is 1.67. The summed E-state index contributed by atoms with van der Waals surface area (Å²) in [6.45, 7) is 27.8. The van der Waals surface area contributed by atoms with Gasteiger partial charge in [0.25, 0.3) is 0 Å². The van der Waals surface area contributed by atoms with E-state index in [1.165, 1.54) is 60.7 Å². The molecular formula is C43H51NS. The quantitative estimate of drug-likeness (QED) is 0.225. The Labute approximate surface area is 278 Å². The van der Waals surface area contributed by atoms with Crippen LogP contribution in [-0.4, -0.2) is 0 Å². The van der Waals surface area contributed by atoms with Gasteiger partial charge in [0.1, 0.15) is 0 Å². The van der Waals surface area contributed by atoms with Crippen LogP contribution in [0.2, 0.25) is 0 Å². The molecule has 0 unspecified atom stereocenters. The van der Waals surface area contributed by atoms with E-state index in [-0.39, 0.29) is 21.7 Å². The van der Waals surface area contributed by atoms with Crippen LogP contribution in [0.15, 0.2) is 91.1 Å². The lowest BCUT2D eigenvalue weighted by molar-refractivity contribution is 0.568. The summed E-state index contributed by atoms with van der Waals surface area (Å²) < 4.78 is 0. The summed E-state index contributed by atoms with van der Waals surface area (Å²) in [6, 6.07) is 32.0. The van der Waals surface area contributed by atoms with Crippen molar-refractivity contribution in [2.45, 2.75) is 105 Å². The van der Waals surface area contributed by atoms with Gasteiger partial charge in [-0.25, -0.2) is 0 Å². The maximum Gasteiger partial charge on any atom is 0.169 e. The van der Waals surface area contributed by atoms with Crippen LogP contribution in [0.25, 0.3) is 27.2 Å². The number of rotatable bonds is 4. The standard InChI is InChI=1S/C43H51NS/c1-40(2,3)32-21-30(22-33(25-32)41(4,5)6)36-19-16-20-37(31-23-34(42(7,8)9)26-35(24-31)43(10,11)12)39(36)44-27-38(45-28-44)29-17-14-13-15-18-29/h13-27H,1-12H3. The number of thioether (sulfide) groups is 1. The van der Waals surface area contributed by atoms with Crippen molar-refractivity contribution < 1.29 is 0 Å². The molecule has 0 atom stereocenters. The Kier molecular flexibility index (Phi) is 8.73. The molecule has 0 saturated carbocycles. The van der Waals surface area contributed by atoms with Gasteiger partial charge in [-0.1, -0.05) is 180 Å². The van der Waals surface area contributed by atoms with Gasteiger partial charge in [0, 0.05) is 22.2 Å². The minimum Gasteiger partial charge on any atom is -0.324 e. The van der Waals surface area contributed by atoms with Gasteiger partial charge in [0.15, 0.2) is 5.88 Å². The Morgan fingerprint density at radius 3 is 1.24 bits per heavy atom. The molecule has 1 aliphatic heterocycles.